The molecule has 94 valence electrons. The van der Waals surface area contributed by atoms with Gasteiger partial charge in [0.05, 0.1) is 12.2 Å². The van der Waals surface area contributed by atoms with Crippen molar-refractivity contribution in [3.05, 3.63) is 53.9 Å². The van der Waals surface area contributed by atoms with Crippen LogP contribution in [-0.4, -0.2) is 10.1 Å². The van der Waals surface area contributed by atoms with E-state index in [2.05, 4.69) is 4.98 Å². The van der Waals surface area contributed by atoms with Crippen molar-refractivity contribution in [2.24, 2.45) is 0 Å². The molecule has 0 unspecified atom stereocenters. The molecule has 0 bridgehead atoms. The van der Waals surface area contributed by atoms with E-state index in [1.807, 2.05) is 0 Å². The van der Waals surface area contributed by atoms with E-state index < -0.39 is 18.3 Å². The molecule has 1 aromatic heterocycles. The quantitative estimate of drug-likeness (QED) is 0.891. The minimum atomic E-state index is -4.50. The number of aromatic nitrogens is 1. The Balaban J connectivity index is 2.70. The zero-order valence-electron chi connectivity index (χ0n) is 9.28. The third kappa shape index (κ3) is 2.36. The highest BCUT2D eigenvalue weighted by atomic mass is 19.4. The minimum Gasteiger partial charge on any atom is -0.392 e. The highest BCUT2D eigenvalue weighted by Crippen LogP contribution is 2.38. The van der Waals surface area contributed by atoms with Crippen LogP contribution in [0.2, 0.25) is 0 Å². The summed E-state index contributed by atoms with van der Waals surface area (Å²) >= 11 is 0. The predicted molar refractivity (Wildman–Crippen MR) is 60.6 cm³/mol. The predicted octanol–water partition coefficient (Wildman–Crippen LogP) is 3.26. The van der Waals surface area contributed by atoms with Gasteiger partial charge < -0.3 is 5.11 Å². The lowest BCUT2D eigenvalue weighted by Gasteiger charge is -2.15. The van der Waals surface area contributed by atoms with Crippen molar-refractivity contribution in [1.82, 2.24) is 4.98 Å². The van der Waals surface area contributed by atoms with Crippen LogP contribution in [0.15, 0.2) is 42.7 Å². The SMILES string of the molecule is OCc1cncc(C(F)(F)F)c1-c1ccccc1. The van der Waals surface area contributed by atoms with Gasteiger partial charge in [0.15, 0.2) is 0 Å². The first-order valence-corrected chi connectivity index (χ1v) is 5.24. The first-order valence-electron chi connectivity index (χ1n) is 5.24. The molecule has 0 radical (unpaired) electrons. The molecule has 18 heavy (non-hydrogen) atoms. The number of benzene rings is 1. The van der Waals surface area contributed by atoms with Crippen molar-refractivity contribution in [1.29, 1.82) is 0 Å². The molecular weight excluding hydrogens is 243 g/mol. The standard InChI is InChI=1S/C13H10F3NO/c14-13(15,16)11-7-17-6-10(8-18)12(11)9-4-2-1-3-5-9/h1-7,18H,8H2. The Morgan fingerprint density at radius 2 is 1.72 bits per heavy atom. The van der Waals surface area contributed by atoms with E-state index in [1.165, 1.54) is 6.20 Å². The average Bonchev–Trinajstić information content (AvgIpc) is 2.38. The Morgan fingerprint density at radius 3 is 2.28 bits per heavy atom. The van der Waals surface area contributed by atoms with Gasteiger partial charge in [-0.2, -0.15) is 13.2 Å². The summed E-state index contributed by atoms with van der Waals surface area (Å²) in [5, 5.41) is 9.16. The summed E-state index contributed by atoms with van der Waals surface area (Å²) < 4.78 is 38.8. The van der Waals surface area contributed by atoms with Crippen LogP contribution in [0.3, 0.4) is 0 Å². The van der Waals surface area contributed by atoms with Gasteiger partial charge in [0.2, 0.25) is 0 Å². The van der Waals surface area contributed by atoms with Crippen LogP contribution >= 0.6 is 0 Å². The fourth-order valence-electron chi connectivity index (χ4n) is 1.78. The molecule has 5 heteroatoms. The molecule has 2 rings (SSSR count). The molecule has 0 atom stereocenters. The normalized spacial score (nSPS) is 11.6. The van der Waals surface area contributed by atoms with E-state index in [1.54, 1.807) is 30.3 Å². The van der Waals surface area contributed by atoms with E-state index in [0.29, 0.717) is 5.56 Å². The summed E-state index contributed by atoms with van der Waals surface area (Å²) in [7, 11) is 0. The number of aliphatic hydroxyl groups is 1. The zero-order chi connectivity index (χ0) is 13.2. The lowest BCUT2D eigenvalue weighted by Crippen LogP contribution is -2.10. The van der Waals surface area contributed by atoms with E-state index in [9.17, 15) is 13.2 Å². The molecule has 0 saturated heterocycles. The molecule has 2 nitrogen and oxygen atoms in total. The summed E-state index contributed by atoms with van der Waals surface area (Å²) in [6.45, 7) is -0.485. The largest absolute Gasteiger partial charge is 0.418 e. The first-order chi connectivity index (χ1) is 8.54. The van der Waals surface area contributed by atoms with E-state index in [4.69, 9.17) is 5.11 Å². The zero-order valence-corrected chi connectivity index (χ0v) is 9.28. The fourth-order valence-corrected chi connectivity index (χ4v) is 1.78. The van der Waals surface area contributed by atoms with Gasteiger partial charge >= 0.3 is 6.18 Å². The molecule has 1 aromatic carbocycles. The Bertz CT molecular complexity index is 538. The molecule has 0 aliphatic rings. The van der Waals surface area contributed by atoms with Gasteiger partial charge in [-0.3, -0.25) is 4.98 Å². The molecule has 0 fully saturated rings. The Labute approximate surface area is 102 Å². The molecule has 0 aliphatic carbocycles. The second-order valence-electron chi connectivity index (χ2n) is 3.74. The number of rotatable bonds is 2. The molecule has 0 amide bonds. The van der Waals surface area contributed by atoms with Gasteiger partial charge in [-0.05, 0) is 5.56 Å². The molecule has 0 spiro atoms. The van der Waals surface area contributed by atoms with Crippen molar-refractivity contribution in [2.45, 2.75) is 12.8 Å². The van der Waals surface area contributed by atoms with Crippen LogP contribution in [-0.2, 0) is 12.8 Å². The Kier molecular flexibility index (Phi) is 3.34. The van der Waals surface area contributed by atoms with Gasteiger partial charge in [0, 0.05) is 23.5 Å². The Hall–Kier alpha value is -1.88. The van der Waals surface area contributed by atoms with Crippen LogP contribution in [0, 0.1) is 0 Å². The van der Waals surface area contributed by atoms with E-state index in [0.717, 1.165) is 6.20 Å². The third-order valence-corrected chi connectivity index (χ3v) is 2.56. The second-order valence-corrected chi connectivity index (χ2v) is 3.74. The van der Waals surface area contributed by atoms with Gasteiger partial charge in [-0.25, -0.2) is 0 Å². The average molecular weight is 253 g/mol. The number of aliphatic hydroxyl groups excluding tert-OH is 1. The number of halogens is 3. The monoisotopic (exact) mass is 253 g/mol. The number of nitrogens with zero attached hydrogens (tertiary/aromatic N) is 1. The van der Waals surface area contributed by atoms with Crippen LogP contribution in [0.25, 0.3) is 11.1 Å². The van der Waals surface area contributed by atoms with Crippen LogP contribution in [0.4, 0.5) is 13.2 Å². The Morgan fingerprint density at radius 1 is 1.06 bits per heavy atom. The number of alkyl halides is 3. The van der Waals surface area contributed by atoms with Gasteiger partial charge in [0.1, 0.15) is 0 Å². The van der Waals surface area contributed by atoms with Gasteiger partial charge in [-0.1, -0.05) is 30.3 Å². The second kappa shape index (κ2) is 4.78. The molecule has 0 saturated carbocycles. The third-order valence-electron chi connectivity index (χ3n) is 2.56. The highest BCUT2D eigenvalue weighted by Gasteiger charge is 2.35. The lowest BCUT2D eigenvalue weighted by molar-refractivity contribution is -0.137. The molecule has 0 aliphatic heterocycles. The summed E-state index contributed by atoms with van der Waals surface area (Å²) in [5.41, 5.74) is -0.270. The number of hydrogen-bond donors (Lipinski definition) is 1. The topological polar surface area (TPSA) is 33.1 Å². The summed E-state index contributed by atoms with van der Waals surface area (Å²) in [5.74, 6) is 0. The maximum Gasteiger partial charge on any atom is 0.418 e. The van der Waals surface area contributed by atoms with Crippen molar-refractivity contribution in [3.8, 4) is 11.1 Å². The summed E-state index contributed by atoms with van der Waals surface area (Å²) in [6, 6.07) is 8.16. The number of hydrogen-bond acceptors (Lipinski definition) is 2. The van der Waals surface area contributed by atoms with Crippen molar-refractivity contribution >= 4 is 0 Å². The molecule has 1 N–H and O–H groups in total. The van der Waals surface area contributed by atoms with Crippen LogP contribution in [0.5, 0.6) is 0 Å². The smallest absolute Gasteiger partial charge is 0.392 e. The summed E-state index contributed by atoms with van der Waals surface area (Å²) in [4.78, 5) is 3.53. The van der Waals surface area contributed by atoms with Crippen molar-refractivity contribution in [2.75, 3.05) is 0 Å². The number of pyridine rings is 1. The molecule has 2 aromatic rings. The van der Waals surface area contributed by atoms with Gasteiger partial charge in [-0.15, -0.1) is 0 Å². The van der Waals surface area contributed by atoms with Crippen molar-refractivity contribution < 1.29 is 18.3 Å². The van der Waals surface area contributed by atoms with E-state index >= 15 is 0 Å². The highest BCUT2D eigenvalue weighted by molar-refractivity contribution is 5.70. The van der Waals surface area contributed by atoms with Crippen LogP contribution < -0.4 is 0 Å². The van der Waals surface area contributed by atoms with Crippen LogP contribution in [0.1, 0.15) is 11.1 Å². The molecule has 1 heterocycles. The molecular formula is C13H10F3NO. The fraction of sp³-hybridized carbons (Fsp3) is 0.154. The lowest BCUT2D eigenvalue weighted by atomic mass is 9.97. The summed E-state index contributed by atoms with van der Waals surface area (Å²) in [6.07, 6.45) is -2.47. The maximum atomic E-state index is 12.9. The maximum absolute atomic E-state index is 12.9. The minimum absolute atomic E-state index is 0.0133. The first kappa shape index (κ1) is 12.6. The van der Waals surface area contributed by atoms with Gasteiger partial charge in [0.25, 0.3) is 0 Å². The van der Waals surface area contributed by atoms with E-state index in [-0.39, 0.29) is 11.1 Å². The van der Waals surface area contributed by atoms with Crippen molar-refractivity contribution in [3.63, 3.8) is 0 Å².